The average molecular weight is 393 g/mol. The van der Waals surface area contributed by atoms with Crippen LogP contribution in [0.5, 0.6) is 0 Å². The third kappa shape index (κ3) is 4.37. The Hall–Kier alpha value is -2.36. The quantitative estimate of drug-likeness (QED) is 0.551. The minimum absolute atomic E-state index is 0.0361. The molecule has 3 aromatic carbocycles. The number of nitrogens with one attached hydrogen (secondary N) is 1. The number of halogens is 1. The second kappa shape index (κ2) is 8.34. The molecule has 1 aliphatic carbocycles. The molecule has 0 atom stereocenters. The summed E-state index contributed by atoms with van der Waals surface area (Å²) in [4.78, 5) is 15.0. The summed E-state index contributed by atoms with van der Waals surface area (Å²) in [5, 5.41) is 6.25. The number of carbonyl (C=O) groups is 1. The van der Waals surface area contributed by atoms with E-state index in [9.17, 15) is 4.79 Å². The zero-order valence-corrected chi connectivity index (χ0v) is 16.9. The van der Waals surface area contributed by atoms with Gasteiger partial charge in [0.15, 0.2) is 0 Å². The van der Waals surface area contributed by atoms with E-state index in [0.717, 1.165) is 24.3 Å². The normalized spacial score (nSPS) is 13.8. The summed E-state index contributed by atoms with van der Waals surface area (Å²) < 4.78 is 0. The maximum absolute atomic E-state index is 12.5. The van der Waals surface area contributed by atoms with Gasteiger partial charge in [0.25, 0.3) is 0 Å². The van der Waals surface area contributed by atoms with Gasteiger partial charge in [0, 0.05) is 36.3 Å². The summed E-state index contributed by atoms with van der Waals surface area (Å²) in [5.74, 6) is 0.0361. The topological polar surface area (TPSA) is 32.3 Å². The highest BCUT2D eigenvalue weighted by Gasteiger charge is 2.29. The Morgan fingerprint density at radius 1 is 1.07 bits per heavy atom. The van der Waals surface area contributed by atoms with Crippen LogP contribution < -0.4 is 5.32 Å². The second-order valence-corrected chi connectivity index (χ2v) is 7.96. The van der Waals surface area contributed by atoms with Crippen LogP contribution in [0.25, 0.3) is 10.8 Å². The van der Waals surface area contributed by atoms with E-state index in [-0.39, 0.29) is 5.91 Å². The molecule has 1 aliphatic rings. The van der Waals surface area contributed by atoms with Gasteiger partial charge in [0.2, 0.25) is 5.91 Å². The number of fused-ring (bicyclic) bond motifs is 1. The van der Waals surface area contributed by atoms with Gasteiger partial charge in [0.1, 0.15) is 0 Å². The second-order valence-electron chi connectivity index (χ2n) is 7.55. The van der Waals surface area contributed by atoms with Crippen molar-refractivity contribution in [3.05, 3.63) is 76.8 Å². The molecule has 0 heterocycles. The monoisotopic (exact) mass is 392 g/mol. The number of carbonyl (C=O) groups excluding carboxylic acids is 1. The smallest absolute Gasteiger partial charge is 0.225 e. The molecule has 0 bridgehead atoms. The Labute approximate surface area is 171 Å². The van der Waals surface area contributed by atoms with Crippen LogP contribution in [0.4, 0.5) is 5.69 Å². The molecule has 1 fully saturated rings. The zero-order chi connectivity index (χ0) is 19.5. The molecule has 144 valence electrons. The molecule has 4 rings (SSSR count). The van der Waals surface area contributed by atoms with Gasteiger partial charge in [-0.05, 0) is 53.8 Å². The number of nitrogens with zero attached hydrogens (tertiary/aromatic N) is 1. The SMILES string of the molecule is Cc1c(Cl)cccc1NC(=O)CCN(Cc1cccc2ccccc12)C1CC1. The molecule has 0 spiro atoms. The van der Waals surface area contributed by atoms with Crippen molar-refractivity contribution in [1.29, 1.82) is 0 Å². The number of benzene rings is 3. The summed E-state index contributed by atoms with van der Waals surface area (Å²) in [6.07, 6.45) is 2.92. The largest absolute Gasteiger partial charge is 0.326 e. The van der Waals surface area contributed by atoms with Gasteiger partial charge in [-0.3, -0.25) is 9.69 Å². The van der Waals surface area contributed by atoms with E-state index >= 15 is 0 Å². The van der Waals surface area contributed by atoms with Crippen LogP contribution in [0.15, 0.2) is 60.7 Å². The number of amides is 1. The highest BCUT2D eigenvalue weighted by molar-refractivity contribution is 6.31. The first-order valence-electron chi connectivity index (χ1n) is 9.87. The van der Waals surface area contributed by atoms with Crippen molar-refractivity contribution in [2.45, 2.75) is 38.8 Å². The third-order valence-corrected chi connectivity index (χ3v) is 5.89. The van der Waals surface area contributed by atoms with Gasteiger partial charge in [-0.2, -0.15) is 0 Å². The molecule has 0 aromatic heterocycles. The van der Waals surface area contributed by atoms with Crippen LogP contribution in [0.2, 0.25) is 5.02 Å². The summed E-state index contributed by atoms with van der Waals surface area (Å²) in [5.41, 5.74) is 3.04. The van der Waals surface area contributed by atoms with Crippen LogP contribution in [0.1, 0.15) is 30.4 Å². The van der Waals surface area contributed by atoms with E-state index in [1.165, 1.54) is 29.2 Å². The predicted octanol–water partition coefficient (Wildman–Crippen LogP) is 5.79. The lowest BCUT2D eigenvalue weighted by Crippen LogP contribution is -2.29. The Morgan fingerprint density at radius 3 is 2.64 bits per heavy atom. The first kappa shape index (κ1) is 19.0. The van der Waals surface area contributed by atoms with Crippen LogP contribution in [0, 0.1) is 6.92 Å². The summed E-state index contributed by atoms with van der Waals surface area (Å²) in [6.45, 7) is 3.57. The van der Waals surface area contributed by atoms with E-state index in [4.69, 9.17) is 11.6 Å². The first-order valence-corrected chi connectivity index (χ1v) is 10.3. The minimum Gasteiger partial charge on any atom is -0.326 e. The fraction of sp³-hybridized carbons (Fsp3) is 0.292. The summed E-state index contributed by atoms with van der Waals surface area (Å²) >= 11 is 6.15. The van der Waals surface area contributed by atoms with E-state index in [1.54, 1.807) is 0 Å². The lowest BCUT2D eigenvalue weighted by atomic mass is 10.0. The van der Waals surface area contributed by atoms with Gasteiger partial charge >= 0.3 is 0 Å². The van der Waals surface area contributed by atoms with Crippen molar-refractivity contribution in [3.63, 3.8) is 0 Å². The lowest BCUT2D eigenvalue weighted by molar-refractivity contribution is -0.116. The number of anilines is 1. The molecule has 28 heavy (non-hydrogen) atoms. The van der Waals surface area contributed by atoms with Gasteiger partial charge in [-0.15, -0.1) is 0 Å². The number of hydrogen-bond donors (Lipinski definition) is 1. The molecule has 3 nitrogen and oxygen atoms in total. The predicted molar refractivity (Wildman–Crippen MR) is 117 cm³/mol. The van der Waals surface area contributed by atoms with Crippen molar-refractivity contribution in [2.24, 2.45) is 0 Å². The average Bonchev–Trinajstić information content (AvgIpc) is 3.54. The molecule has 0 saturated heterocycles. The van der Waals surface area contributed by atoms with E-state index in [2.05, 4.69) is 52.7 Å². The molecule has 0 radical (unpaired) electrons. The Balaban J connectivity index is 1.42. The zero-order valence-electron chi connectivity index (χ0n) is 16.1. The van der Waals surface area contributed by atoms with E-state index in [0.29, 0.717) is 17.5 Å². The summed E-state index contributed by atoms with van der Waals surface area (Å²) in [7, 11) is 0. The molecular formula is C24H25ClN2O. The molecule has 1 saturated carbocycles. The fourth-order valence-electron chi connectivity index (χ4n) is 3.68. The molecule has 4 heteroatoms. The van der Waals surface area contributed by atoms with Gasteiger partial charge in [-0.25, -0.2) is 0 Å². The minimum atomic E-state index is 0.0361. The van der Waals surface area contributed by atoms with Gasteiger partial charge < -0.3 is 5.32 Å². The van der Waals surface area contributed by atoms with Crippen LogP contribution in [-0.4, -0.2) is 23.4 Å². The van der Waals surface area contributed by atoms with Crippen molar-refractivity contribution < 1.29 is 4.79 Å². The number of rotatable bonds is 7. The van der Waals surface area contributed by atoms with Crippen LogP contribution >= 0.6 is 11.6 Å². The van der Waals surface area contributed by atoms with E-state index < -0.39 is 0 Å². The molecule has 1 N–H and O–H groups in total. The Morgan fingerprint density at radius 2 is 1.82 bits per heavy atom. The highest BCUT2D eigenvalue weighted by atomic mass is 35.5. The van der Waals surface area contributed by atoms with E-state index in [1.807, 2.05) is 25.1 Å². The molecular weight excluding hydrogens is 368 g/mol. The molecule has 3 aromatic rings. The highest BCUT2D eigenvalue weighted by Crippen LogP contribution is 2.30. The van der Waals surface area contributed by atoms with Crippen LogP contribution in [0.3, 0.4) is 0 Å². The lowest BCUT2D eigenvalue weighted by Gasteiger charge is -2.23. The first-order chi connectivity index (χ1) is 13.6. The maximum atomic E-state index is 12.5. The maximum Gasteiger partial charge on any atom is 0.225 e. The van der Waals surface area contributed by atoms with Crippen LogP contribution in [-0.2, 0) is 11.3 Å². The van der Waals surface area contributed by atoms with Gasteiger partial charge in [-0.1, -0.05) is 60.1 Å². The van der Waals surface area contributed by atoms with Crippen molar-refractivity contribution in [2.75, 3.05) is 11.9 Å². The molecule has 0 unspecified atom stereocenters. The Bertz CT molecular complexity index is 992. The number of hydrogen-bond acceptors (Lipinski definition) is 2. The fourth-order valence-corrected chi connectivity index (χ4v) is 3.85. The van der Waals surface area contributed by atoms with Crippen molar-refractivity contribution in [1.82, 2.24) is 4.90 Å². The summed E-state index contributed by atoms with van der Waals surface area (Å²) in [6, 6.07) is 21.2. The van der Waals surface area contributed by atoms with Gasteiger partial charge in [0.05, 0.1) is 0 Å². The third-order valence-electron chi connectivity index (χ3n) is 5.48. The standard InChI is InChI=1S/C24H25ClN2O/c1-17-22(25)10-5-11-23(17)26-24(28)14-15-27(20-12-13-20)16-19-8-4-7-18-6-2-3-9-21(18)19/h2-11,20H,12-16H2,1H3,(H,26,28). The molecule has 1 amide bonds. The molecule has 0 aliphatic heterocycles. The van der Waals surface area contributed by atoms with Crippen molar-refractivity contribution in [3.8, 4) is 0 Å². The Kier molecular flexibility index (Phi) is 5.65. The van der Waals surface area contributed by atoms with Crippen molar-refractivity contribution >= 4 is 34.0 Å².